The summed E-state index contributed by atoms with van der Waals surface area (Å²) in [7, 11) is 0. The van der Waals surface area contributed by atoms with Gasteiger partial charge in [0.05, 0.1) is 15.6 Å². The number of rotatable bonds is 9. The number of thioether (sulfide) groups is 1. The summed E-state index contributed by atoms with van der Waals surface area (Å²) in [4.78, 5) is 0. The van der Waals surface area contributed by atoms with Crippen LogP contribution in [0.2, 0.25) is 0 Å². The van der Waals surface area contributed by atoms with Crippen molar-refractivity contribution in [3.05, 3.63) is 26.6 Å². The third-order valence-corrected chi connectivity index (χ3v) is 5.13. The molecule has 0 aliphatic heterocycles. The molecule has 0 saturated carbocycles. The van der Waals surface area contributed by atoms with Gasteiger partial charge in [-0.15, -0.1) is 0 Å². The molecule has 20 heavy (non-hydrogen) atoms. The van der Waals surface area contributed by atoms with E-state index in [1.54, 1.807) is 0 Å². The van der Waals surface area contributed by atoms with Crippen LogP contribution >= 0.6 is 43.6 Å². The maximum absolute atomic E-state index is 6.01. The average molecular weight is 425 g/mol. The average Bonchev–Trinajstić information content (AvgIpc) is 2.41. The highest BCUT2D eigenvalue weighted by Gasteiger charge is 2.10. The highest BCUT2D eigenvalue weighted by atomic mass is 79.9. The molecule has 0 spiro atoms. The lowest BCUT2D eigenvalue weighted by atomic mass is 10.0. The van der Waals surface area contributed by atoms with Crippen LogP contribution in [-0.2, 0) is 6.42 Å². The molecule has 0 aliphatic carbocycles. The second kappa shape index (κ2) is 10.1. The fourth-order valence-corrected chi connectivity index (χ4v) is 3.92. The van der Waals surface area contributed by atoms with E-state index in [4.69, 9.17) is 10.5 Å². The van der Waals surface area contributed by atoms with E-state index in [1.807, 2.05) is 11.8 Å². The summed E-state index contributed by atoms with van der Waals surface area (Å²) in [6.07, 6.45) is 2.95. The van der Waals surface area contributed by atoms with Crippen LogP contribution in [0, 0.1) is 0 Å². The standard InChI is InChI=1S/C15H23Br2NOS/c1-3-12(18)8-11-9-13(16)15(14(17)10-11)19-6-5-7-20-4-2/h9-10,12H,3-8,18H2,1-2H3. The molecule has 1 aromatic carbocycles. The number of hydrogen-bond acceptors (Lipinski definition) is 3. The van der Waals surface area contributed by atoms with E-state index in [0.29, 0.717) is 0 Å². The highest BCUT2D eigenvalue weighted by molar-refractivity contribution is 9.11. The Balaban J connectivity index is 2.59. The predicted molar refractivity (Wildman–Crippen MR) is 96.9 cm³/mol. The van der Waals surface area contributed by atoms with Crippen molar-refractivity contribution in [3.8, 4) is 5.75 Å². The number of hydrogen-bond donors (Lipinski definition) is 1. The van der Waals surface area contributed by atoms with Gasteiger partial charge in [0.15, 0.2) is 0 Å². The minimum Gasteiger partial charge on any atom is -0.491 e. The van der Waals surface area contributed by atoms with Crippen molar-refractivity contribution in [3.63, 3.8) is 0 Å². The lowest BCUT2D eigenvalue weighted by Crippen LogP contribution is -2.21. The lowest BCUT2D eigenvalue weighted by molar-refractivity contribution is 0.314. The van der Waals surface area contributed by atoms with Gasteiger partial charge in [0.2, 0.25) is 0 Å². The first-order valence-electron chi connectivity index (χ1n) is 7.02. The van der Waals surface area contributed by atoms with Crippen molar-refractivity contribution in [1.82, 2.24) is 0 Å². The van der Waals surface area contributed by atoms with E-state index < -0.39 is 0 Å². The monoisotopic (exact) mass is 423 g/mol. The SMILES string of the molecule is CCSCCCOc1c(Br)cc(CC(N)CC)cc1Br. The van der Waals surface area contributed by atoms with E-state index in [9.17, 15) is 0 Å². The van der Waals surface area contributed by atoms with E-state index >= 15 is 0 Å². The quantitative estimate of drug-likeness (QED) is 0.565. The van der Waals surface area contributed by atoms with E-state index in [-0.39, 0.29) is 6.04 Å². The van der Waals surface area contributed by atoms with Crippen LogP contribution in [0.3, 0.4) is 0 Å². The van der Waals surface area contributed by atoms with Gasteiger partial charge < -0.3 is 10.5 Å². The molecule has 0 aliphatic rings. The molecule has 1 rings (SSSR count). The zero-order valence-corrected chi connectivity index (χ0v) is 16.1. The topological polar surface area (TPSA) is 35.2 Å². The predicted octanol–water partition coefficient (Wildman–Crippen LogP) is 5.01. The van der Waals surface area contributed by atoms with Crippen LogP contribution in [0.1, 0.15) is 32.3 Å². The molecule has 1 aromatic rings. The van der Waals surface area contributed by atoms with Gasteiger partial charge in [-0.1, -0.05) is 13.8 Å². The summed E-state index contributed by atoms with van der Waals surface area (Å²) in [6.45, 7) is 5.04. The van der Waals surface area contributed by atoms with Crippen molar-refractivity contribution < 1.29 is 4.74 Å². The molecule has 0 radical (unpaired) electrons. The summed E-state index contributed by atoms with van der Waals surface area (Å²) in [5, 5.41) is 0. The third-order valence-electron chi connectivity index (χ3n) is 2.96. The van der Waals surface area contributed by atoms with Gasteiger partial charge in [-0.3, -0.25) is 0 Å². The van der Waals surface area contributed by atoms with Gasteiger partial charge in [0.25, 0.3) is 0 Å². The Hall–Kier alpha value is 0.290. The van der Waals surface area contributed by atoms with Crippen LogP contribution in [0.4, 0.5) is 0 Å². The fraction of sp³-hybridized carbons (Fsp3) is 0.600. The van der Waals surface area contributed by atoms with Gasteiger partial charge in [0.1, 0.15) is 5.75 Å². The minimum atomic E-state index is 0.214. The van der Waals surface area contributed by atoms with Crippen LogP contribution in [-0.4, -0.2) is 24.2 Å². The molecule has 2 nitrogen and oxygen atoms in total. The molecule has 0 amide bonds. The maximum atomic E-state index is 6.01. The van der Waals surface area contributed by atoms with Crippen LogP contribution < -0.4 is 10.5 Å². The fourth-order valence-electron chi connectivity index (χ4n) is 1.79. The van der Waals surface area contributed by atoms with Crippen molar-refractivity contribution in [2.24, 2.45) is 5.73 Å². The molecule has 5 heteroatoms. The highest BCUT2D eigenvalue weighted by Crippen LogP contribution is 2.35. The van der Waals surface area contributed by atoms with Gasteiger partial charge in [-0.2, -0.15) is 11.8 Å². The lowest BCUT2D eigenvalue weighted by Gasteiger charge is -2.14. The number of halogens is 2. The third kappa shape index (κ3) is 6.37. The summed E-state index contributed by atoms with van der Waals surface area (Å²) < 4.78 is 7.85. The second-order valence-corrected chi connectivity index (χ2v) is 7.76. The molecule has 1 unspecified atom stereocenters. The molecule has 2 N–H and O–H groups in total. The summed E-state index contributed by atoms with van der Waals surface area (Å²) >= 11 is 9.13. The van der Waals surface area contributed by atoms with Crippen molar-refractivity contribution in [2.75, 3.05) is 18.1 Å². The minimum absolute atomic E-state index is 0.214. The van der Waals surface area contributed by atoms with Crippen LogP contribution in [0.15, 0.2) is 21.1 Å². The van der Waals surface area contributed by atoms with Crippen molar-refractivity contribution >= 4 is 43.6 Å². The maximum Gasteiger partial charge on any atom is 0.147 e. The number of nitrogens with two attached hydrogens (primary N) is 1. The molecular weight excluding hydrogens is 402 g/mol. The van der Waals surface area contributed by atoms with Gasteiger partial charge >= 0.3 is 0 Å². The first-order valence-corrected chi connectivity index (χ1v) is 9.76. The molecule has 0 saturated heterocycles. The molecule has 0 bridgehead atoms. The largest absolute Gasteiger partial charge is 0.491 e. The van der Waals surface area contributed by atoms with Crippen LogP contribution in [0.25, 0.3) is 0 Å². The van der Waals surface area contributed by atoms with E-state index in [2.05, 4.69) is 57.8 Å². The molecule has 0 fully saturated rings. The zero-order valence-electron chi connectivity index (χ0n) is 12.1. The molecule has 0 aromatic heterocycles. The number of benzene rings is 1. The van der Waals surface area contributed by atoms with E-state index in [1.165, 1.54) is 11.3 Å². The zero-order chi connectivity index (χ0) is 15.0. The Bertz CT molecular complexity index is 392. The molecule has 114 valence electrons. The molecular formula is C15H23Br2NOS. The van der Waals surface area contributed by atoms with Gasteiger partial charge in [0, 0.05) is 6.04 Å². The normalized spacial score (nSPS) is 12.4. The summed E-state index contributed by atoms with van der Waals surface area (Å²) in [5.74, 6) is 3.20. The second-order valence-electron chi connectivity index (χ2n) is 4.66. The first-order chi connectivity index (χ1) is 9.58. The summed E-state index contributed by atoms with van der Waals surface area (Å²) in [5.41, 5.74) is 7.23. The van der Waals surface area contributed by atoms with Crippen molar-refractivity contribution in [1.29, 1.82) is 0 Å². The Labute approximate surface area is 143 Å². The van der Waals surface area contributed by atoms with Crippen LogP contribution in [0.5, 0.6) is 5.75 Å². The molecule has 0 heterocycles. The van der Waals surface area contributed by atoms with Crippen molar-refractivity contribution in [2.45, 2.75) is 39.2 Å². The Morgan fingerprint density at radius 2 is 1.90 bits per heavy atom. The van der Waals surface area contributed by atoms with Gasteiger partial charge in [-0.05, 0) is 80.3 Å². The Morgan fingerprint density at radius 1 is 1.25 bits per heavy atom. The smallest absolute Gasteiger partial charge is 0.147 e. The van der Waals surface area contributed by atoms with Gasteiger partial charge in [-0.25, -0.2) is 0 Å². The first kappa shape index (κ1) is 18.3. The van der Waals surface area contributed by atoms with E-state index in [0.717, 1.165) is 46.3 Å². The Morgan fingerprint density at radius 3 is 2.45 bits per heavy atom. The Kier molecular flexibility index (Phi) is 9.25. The number of ether oxygens (including phenoxy) is 1. The summed E-state index contributed by atoms with van der Waals surface area (Å²) in [6, 6.07) is 4.43. The molecule has 1 atom stereocenters.